The molecule has 1 aliphatic heterocycles. The Labute approximate surface area is 119 Å². The molecule has 0 aromatic rings. The van der Waals surface area contributed by atoms with E-state index in [4.69, 9.17) is 5.73 Å². The molecule has 0 aromatic heterocycles. The van der Waals surface area contributed by atoms with Crippen LogP contribution in [-0.2, 0) is 0 Å². The monoisotopic (exact) mass is 267 g/mol. The molecule has 2 rings (SSSR count). The van der Waals surface area contributed by atoms with Crippen molar-refractivity contribution in [1.82, 2.24) is 9.80 Å². The smallest absolute Gasteiger partial charge is 0.0112 e. The minimum Gasteiger partial charge on any atom is -0.330 e. The third-order valence-electron chi connectivity index (χ3n) is 5.02. The first kappa shape index (κ1) is 15.3. The van der Waals surface area contributed by atoms with Crippen molar-refractivity contribution in [2.75, 3.05) is 39.3 Å². The van der Waals surface area contributed by atoms with Crippen molar-refractivity contribution in [3.63, 3.8) is 0 Å². The Hall–Kier alpha value is -0.120. The summed E-state index contributed by atoms with van der Waals surface area (Å²) in [7, 11) is 0. The molecular formula is C16H33N3. The lowest BCUT2D eigenvalue weighted by molar-refractivity contribution is 0.136. The van der Waals surface area contributed by atoms with Gasteiger partial charge in [-0.15, -0.1) is 0 Å². The molecular weight excluding hydrogens is 234 g/mol. The molecule has 112 valence electrons. The first-order valence-corrected chi connectivity index (χ1v) is 8.35. The van der Waals surface area contributed by atoms with Crippen molar-refractivity contribution >= 4 is 0 Å². The lowest BCUT2D eigenvalue weighted by atomic mass is 9.86. The maximum Gasteiger partial charge on any atom is 0.0112 e. The molecule has 0 spiro atoms. The van der Waals surface area contributed by atoms with E-state index >= 15 is 0 Å². The van der Waals surface area contributed by atoms with Crippen molar-refractivity contribution in [3.05, 3.63) is 0 Å². The van der Waals surface area contributed by atoms with Gasteiger partial charge in [0, 0.05) is 25.7 Å². The molecule has 2 fully saturated rings. The van der Waals surface area contributed by atoms with Gasteiger partial charge in [-0.25, -0.2) is 0 Å². The van der Waals surface area contributed by atoms with Gasteiger partial charge in [0.15, 0.2) is 0 Å². The van der Waals surface area contributed by atoms with Gasteiger partial charge in [-0.3, -0.25) is 4.90 Å². The van der Waals surface area contributed by atoms with Crippen molar-refractivity contribution in [3.8, 4) is 0 Å². The summed E-state index contributed by atoms with van der Waals surface area (Å²) in [5, 5.41) is 0. The number of nitrogens with zero attached hydrogens (tertiary/aromatic N) is 2. The fourth-order valence-corrected chi connectivity index (χ4v) is 3.79. The molecule has 1 saturated heterocycles. The first-order valence-electron chi connectivity index (χ1n) is 8.35. The van der Waals surface area contributed by atoms with Gasteiger partial charge in [0.25, 0.3) is 0 Å². The SMILES string of the molecule is CC1CCCC(N2CCCN(CC(C)CN)CC2)C1. The number of rotatable bonds is 4. The topological polar surface area (TPSA) is 32.5 Å². The van der Waals surface area contributed by atoms with E-state index in [1.165, 1.54) is 64.8 Å². The largest absolute Gasteiger partial charge is 0.330 e. The van der Waals surface area contributed by atoms with E-state index in [9.17, 15) is 0 Å². The van der Waals surface area contributed by atoms with Gasteiger partial charge >= 0.3 is 0 Å². The lowest BCUT2D eigenvalue weighted by Gasteiger charge is -2.36. The zero-order valence-corrected chi connectivity index (χ0v) is 13.0. The van der Waals surface area contributed by atoms with Crippen LogP contribution >= 0.6 is 0 Å². The summed E-state index contributed by atoms with van der Waals surface area (Å²) >= 11 is 0. The predicted molar refractivity (Wildman–Crippen MR) is 82.3 cm³/mol. The van der Waals surface area contributed by atoms with Crippen molar-refractivity contribution in [2.24, 2.45) is 17.6 Å². The van der Waals surface area contributed by atoms with Crippen LogP contribution in [0.4, 0.5) is 0 Å². The average molecular weight is 267 g/mol. The molecule has 0 amide bonds. The number of nitrogens with two attached hydrogens (primary N) is 1. The standard InChI is InChI=1S/C16H33N3/c1-14-5-3-6-16(11-14)19-8-4-7-18(9-10-19)13-15(2)12-17/h14-16H,3-13,17H2,1-2H3. The Balaban J connectivity index is 1.79. The van der Waals surface area contributed by atoms with E-state index in [2.05, 4.69) is 23.6 Å². The molecule has 19 heavy (non-hydrogen) atoms. The molecule has 3 heteroatoms. The molecule has 1 heterocycles. The summed E-state index contributed by atoms with van der Waals surface area (Å²) in [4.78, 5) is 5.41. The average Bonchev–Trinajstić information content (AvgIpc) is 2.64. The van der Waals surface area contributed by atoms with Crippen LogP contribution in [0, 0.1) is 11.8 Å². The maximum atomic E-state index is 5.75. The van der Waals surface area contributed by atoms with Gasteiger partial charge in [-0.2, -0.15) is 0 Å². The zero-order valence-electron chi connectivity index (χ0n) is 13.0. The number of hydrogen-bond donors (Lipinski definition) is 1. The highest BCUT2D eigenvalue weighted by Gasteiger charge is 2.26. The van der Waals surface area contributed by atoms with Gasteiger partial charge < -0.3 is 10.6 Å². The highest BCUT2D eigenvalue weighted by atomic mass is 15.2. The van der Waals surface area contributed by atoms with Crippen LogP contribution in [0.2, 0.25) is 0 Å². The second-order valence-corrected chi connectivity index (χ2v) is 6.96. The van der Waals surface area contributed by atoms with Crippen LogP contribution in [-0.4, -0.2) is 55.1 Å². The van der Waals surface area contributed by atoms with Crippen LogP contribution in [0.3, 0.4) is 0 Å². The van der Waals surface area contributed by atoms with Crippen molar-refractivity contribution in [2.45, 2.75) is 52.0 Å². The Bertz CT molecular complexity index is 256. The summed E-state index contributed by atoms with van der Waals surface area (Å²) in [6, 6.07) is 0.871. The first-order chi connectivity index (χ1) is 9.19. The normalized spacial score (nSPS) is 33.0. The molecule has 1 saturated carbocycles. The van der Waals surface area contributed by atoms with Gasteiger partial charge in [-0.05, 0) is 50.7 Å². The number of hydrogen-bond acceptors (Lipinski definition) is 3. The van der Waals surface area contributed by atoms with Crippen LogP contribution in [0.15, 0.2) is 0 Å². The van der Waals surface area contributed by atoms with Crippen molar-refractivity contribution in [1.29, 1.82) is 0 Å². The fourth-order valence-electron chi connectivity index (χ4n) is 3.79. The fraction of sp³-hybridized carbons (Fsp3) is 1.00. The van der Waals surface area contributed by atoms with Gasteiger partial charge in [0.05, 0.1) is 0 Å². The maximum absolute atomic E-state index is 5.75. The summed E-state index contributed by atoms with van der Waals surface area (Å²) in [5.41, 5.74) is 5.75. The third kappa shape index (κ3) is 4.73. The summed E-state index contributed by atoms with van der Waals surface area (Å²) in [5.74, 6) is 1.58. The second kappa shape index (κ2) is 7.61. The van der Waals surface area contributed by atoms with Crippen LogP contribution in [0.5, 0.6) is 0 Å². The van der Waals surface area contributed by atoms with E-state index in [-0.39, 0.29) is 0 Å². The molecule has 1 aliphatic carbocycles. The Morgan fingerprint density at radius 2 is 1.95 bits per heavy atom. The van der Waals surface area contributed by atoms with Crippen LogP contribution in [0.1, 0.15) is 46.0 Å². The van der Waals surface area contributed by atoms with Gasteiger partial charge in [0.1, 0.15) is 0 Å². The third-order valence-corrected chi connectivity index (χ3v) is 5.02. The van der Waals surface area contributed by atoms with E-state index in [0.717, 1.165) is 18.5 Å². The minimum atomic E-state index is 0.640. The van der Waals surface area contributed by atoms with E-state index < -0.39 is 0 Å². The minimum absolute atomic E-state index is 0.640. The Kier molecular flexibility index (Phi) is 6.11. The van der Waals surface area contributed by atoms with Crippen LogP contribution < -0.4 is 5.73 Å². The molecule has 3 atom stereocenters. The van der Waals surface area contributed by atoms with E-state index in [1.54, 1.807) is 0 Å². The Morgan fingerprint density at radius 1 is 1.11 bits per heavy atom. The summed E-state index contributed by atoms with van der Waals surface area (Å²) < 4.78 is 0. The zero-order chi connectivity index (χ0) is 13.7. The van der Waals surface area contributed by atoms with E-state index in [1.807, 2.05) is 0 Å². The second-order valence-electron chi connectivity index (χ2n) is 6.96. The van der Waals surface area contributed by atoms with E-state index in [0.29, 0.717) is 5.92 Å². The molecule has 0 aromatic carbocycles. The molecule has 0 bridgehead atoms. The molecule has 3 nitrogen and oxygen atoms in total. The highest BCUT2D eigenvalue weighted by Crippen LogP contribution is 2.27. The van der Waals surface area contributed by atoms with Crippen LogP contribution in [0.25, 0.3) is 0 Å². The molecule has 3 unspecified atom stereocenters. The molecule has 2 N–H and O–H groups in total. The summed E-state index contributed by atoms with van der Waals surface area (Å²) in [6.45, 7) is 11.8. The predicted octanol–water partition coefficient (Wildman–Crippen LogP) is 2.17. The quantitative estimate of drug-likeness (QED) is 0.847. The Morgan fingerprint density at radius 3 is 2.68 bits per heavy atom. The summed E-state index contributed by atoms with van der Waals surface area (Å²) in [6.07, 6.45) is 7.09. The van der Waals surface area contributed by atoms with Crippen molar-refractivity contribution < 1.29 is 0 Å². The molecule has 0 radical (unpaired) electrons. The van der Waals surface area contributed by atoms with Gasteiger partial charge in [-0.1, -0.05) is 26.7 Å². The lowest BCUT2D eigenvalue weighted by Crippen LogP contribution is -2.41. The highest BCUT2D eigenvalue weighted by molar-refractivity contribution is 4.81. The molecule has 2 aliphatic rings. The van der Waals surface area contributed by atoms with Gasteiger partial charge in [0.2, 0.25) is 0 Å².